The standard InChI is InChI=1S/C17H21NO2/c1-3-14-5-4-6-15(12-14)19-9-10-20-17-8-7-13(2)11-16(17)18/h4-8,11-12H,3,9-10,18H2,1-2H3. The molecule has 3 heteroatoms. The molecule has 0 unspecified atom stereocenters. The lowest BCUT2D eigenvalue weighted by Gasteiger charge is -2.11. The van der Waals surface area contributed by atoms with E-state index >= 15 is 0 Å². The molecule has 2 aromatic rings. The van der Waals surface area contributed by atoms with Crippen LogP contribution in [0, 0.1) is 6.92 Å². The lowest BCUT2D eigenvalue weighted by atomic mass is 10.2. The SMILES string of the molecule is CCc1cccc(OCCOc2ccc(C)cc2N)c1. The van der Waals surface area contributed by atoms with Crippen LogP contribution in [0.15, 0.2) is 42.5 Å². The van der Waals surface area contributed by atoms with Gasteiger partial charge in [0.1, 0.15) is 24.7 Å². The van der Waals surface area contributed by atoms with Crippen molar-refractivity contribution in [2.75, 3.05) is 18.9 Å². The zero-order valence-corrected chi connectivity index (χ0v) is 12.1. The second-order valence-corrected chi connectivity index (χ2v) is 4.74. The molecule has 0 spiro atoms. The van der Waals surface area contributed by atoms with E-state index in [9.17, 15) is 0 Å². The Labute approximate surface area is 120 Å². The van der Waals surface area contributed by atoms with Crippen molar-refractivity contribution in [3.8, 4) is 11.5 Å². The highest BCUT2D eigenvalue weighted by atomic mass is 16.5. The van der Waals surface area contributed by atoms with Crippen LogP contribution < -0.4 is 15.2 Å². The van der Waals surface area contributed by atoms with E-state index < -0.39 is 0 Å². The van der Waals surface area contributed by atoms with Crippen molar-refractivity contribution in [2.45, 2.75) is 20.3 Å². The van der Waals surface area contributed by atoms with Crippen LogP contribution in [0.5, 0.6) is 11.5 Å². The lowest BCUT2D eigenvalue weighted by Crippen LogP contribution is -2.10. The van der Waals surface area contributed by atoms with Gasteiger partial charge in [-0.3, -0.25) is 0 Å². The van der Waals surface area contributed by atoms with E-state index in [1.54, 1.807) is 0 Å². The van der Waals surface area contributed by atoms with E-state index in [4.69, 9.17) is 15.2 Å². The highest BCUT2D eigenvalue weighted by Crippen LogP contribution is 2.22. The van der Waals surface area contributed by atoms with Crippen LogP contribution in [-0.2, 0) is 6.42 Å². The molecule has 0 aromatic heterocycles. The molecule has 0 aliphatic rings. The number of nitrogens with two attached hydrogens (primary N) is 1. The van der Waals surface area contributed by atoms with Gasteiger partial charge in [-0.1, -0.05) is 25.1 Å². The molecule has 2 N–H and O–H groups in total. The zero-order valence-electron chi connectivity index (χ0n) is 12.1. The number of nitrogen functional groups attached to an aromatic ring is 1. The molecule has 0 bridgehead atoms. The molecule has 0 aliphatic heterocycles. The van der Waals surface area contributed by atoms with Crippen LogP contribution in [0.1, 0.15) is 18.1 Å². The first-order valence-electron chi connectivity index (χ1n) is 6.89. The maximum atomic E-state index is 5.89. The van der Waals surface area contributed by atoms with Gasteiger partial charge >= 0.3 is 0 Å². The number of hydrogen-bond donors (Lipinski definition) is 1. The van der Waals surface area contributed by atoms with Crippen LogP contribution in [0.25, 0.3) is 0 Å². The summed E-state index contributed by atoms with van der Waals surface area (Å²) < 4.78 is 11.3. The van der Waals surface area contributed by atoms with Gasteiger partial charge in [0.25, 0.3) is 0 Å². The zero-order chi connectivity index (χ0) is 14.4. The molecule has 0 saturated carbocycles. The van der Waals surface area contributed by atoms with Crippen LogP contribution in [0.3, 0.4) is 0 Å². The van der Waals surface area contributed by atoms with Gasteiger partial charge in [-0.05, 0) is 48.7 Å². The van der Waals surface area contributed by atoms with Crippen molar-refractivity contribution in [2.24, 2.45) is 0 Å². The first kappa shape index (κ1) is 14.3. The highest BCUT2D eigenvalue weighted by Gasteiger charge is 2.01. The molecular weight excluding hydrogens is 250 g/mol. The number of hydrogen-bond acceptors (Lipinski definition) is 3. The predicted molar refractivity (Wildman–Crippen MR) is 82.4 cm³/mol. The Morgan fingerprint density at radius 3 is 2.55 bits per heavy atom. The highest BCUT2D eigenvalue weighted by molar-refractivity contribution is 5.53. The fourth-order valence-electron chi connectivity index (χ4n) is 1.97. The van der Waals surface area contributed by atoms with Gasteiger partial charge in [0.15, 0.2) is 0 Å². The lowest BCUT2D eigenvalue weighted by molar-refractivity contribution is 0.218. The van der Waals surface area contributed by atoms with Crippen molar-refractivity contribution in [3.63, 3.8) is 0 Å². The summed E-state index contributed by atoms with van der Waals surface area (Å²) in [7, 11) is 0. The monoisotopic (exact) mass is 271 g/mol. The fourth-order valence-corrected chi connectivity index (χ4v) is 1.97. The Balaban J connectivity index is 1.81. The summed E-state index contributed by atoms with van der Waals surface area (Å²) in [6.45, 7) is 5.11. The van der Waals surface area contributed by atoms with Gasteiger partial charge in [-0.2, -0.15) is 0 Å². The maximum Gasteiger partial charge on any atom is 0.142 e. The van der Waals surface area contributed by atoms with Crippen molar-refractivity contribution >= 4 is 5.69 Å². The van der Waals surface area contributed by atoms with Gasteiger partial charge in [-0.15, -0.1) is 0 Å². The van der Waals surface area contributed by atoms with E-state index in [0.29, 0.717) is 24.7 Å². The number of anilines is 1. The summed E-state index contributed by atoms with van der Waals surface area (Å²) >= 11 is 0. The van der Waals surface area contributed by atoms with Crippen molar-refractivity contribution in [1.29, 1.82) is 0 Å². The Hall–Kier alpha value is -2.16. The molecule has 20 heavy (non-hydrogen) atoms. The topological polar surface area (TPSA) is 44.5 Å². The number of rotatable bonds is 6. The number of aryl methyl sites for hydroxylation is 2. The molecule has 2 aromatic carbocycles. The molecule has 0 saturated heterocycles. The second-order valence-electron chi connectivity index (χ2n) is 4.74. The van der Waals surface area contributed by atoms with E-state index in [1.807, 2.05) is 37.3 Å². The molecule has 106 valence electrons. The van der Waals surface area contributed by atoms with E-state index in [0.717, 1.165) is 17.7 Å². The average Bonchev–Trinajstić information content (AvgIpc) is 2.45. The number of ether oxygens (including phenoxy) is 2. The van der Waals surface area contributed by atoms with Crippen LogP contribution >= 0.6 is 0 Å². The smallest absolute Gasteiger partial charge is 0.142 e. The summed E-state index contributed by atoms with van der Waals surface area (Å²) in [5.41, 5.74) is 8.95. The summed E-state index contributed by atoms with van der Waals surface area (Å²) in [6.07, 6.45) is 1.01. The molecule has 0 atom stereocenters. The van der Waals surface area contributed by atoms with Gasteiger partial charge in [0, 0.05) is 0 Å². The third-order valence-corrected chi connectivity index (χ3v) is 3.08. The Morgan fingerprint density at radius 1 is 1.00 bits per heavy atom. The summed E-state index contributed by atoms with van der Waals surface area (Å²) in [4.78, 5) is 0. The van der Waals surface area contributed by atoms with Crippen molar-refractivity contribution in [3.05, 3.63) is 53.6 Å². The fraction of sp³-hybridized carbons (Fsp3) is 0.294. The van der Waals surface area contributed by atoms with Gasteiger partial charge < -0.3 is 15.2 Å². The van der Waals surface area contributed by atoms with Crippen LogP contribution in [0.2, 0.25) is 0 Å². The largest absolute Gasteiger partial charge is 0.490 e. The van der Waals surface area contributed by atoms with Gasteiger partial charge in [-0.25, -0.2) is 0 Å². The molecule has 0 heterocycles. The molecule has 3 nitrogen and oxygen atoms in total. The third-order valence-electron chi connectivity index (χ3n) is 3.08. The molecule has 2 rings (SSSR count). The minimum absolute atomic E-state index is 0.476. The Kier molecular flexibility index (Phi) is 4.88. The molecule has 0 radical (unpaired) electrons. The first-order chi connectivity index (χ1) is 9.69. The van der Waals surface area contributed by atoms with Gasteiger partial charge in [0.05, 0.1) is 5.69 Å². The molecule has 0 amide bonds. The average molecular weight is 271 g/mol. The Bertz CT molecular complexity index is 567. The molecular formula is C17H21NO2. The minimum atomic E-state index is 0.476. The summed E-state index contributed by atoms with van der Waals surface area (Å²) in [6, 6.07) is 13.9. The van der Waals surface area contributed by atoms with E-state index in [2.05, 4.69) is 19.1 Å². The van der Waals surface area contributed by atoms with E-state index in [-0.39, 0.29) is 0 Å². The number of benzene rings is 2. The predicted octanol–water partition coefficient (Wildman–Crippen LogP) is 3.60. The summed E-state index contributed by atoms with van der Waals surface area (Å²) in [5, 5.41) is 0. The first-order valence-corrected chi connectivity index (χ1v) is 6.89. The maximum absolute atomic E-state index is 5.89. The third kappa shape index (κ3) is 3.92. The Morgan fingerprint density at radius 2 is 1.80 bits per heavy atom. The van der Waals surface area contributed by atoms with Crippen LogP contribution in [0.4, 0.5) is 5.69 Å². The van der Waals surface area contributed by atoms with E-state index in [1.165, 1.54) is 5.56 Å². The molecule has 0 aliphatic carbocycles. The van der Waals surface area contributed by atoms with Crippen LogP contribution in [-0.4, -0.2) is 13.2 Å². The van der Waals surface area contributed by atoms with Gasteiger partial charge in [0.2, 0.25) is 0 Å². The quantitative estimate of drug-likeness (QED) is 0.645. The van der Waals surface area contributed by atoms with Crippen molar-refractivity contribution in [1.82, 2.24) is 0 Å². The summed E-state index contributed by atoms with van der Waals surface area (Å²) in [5.74, 6) is 1.59. The molecule has 0 fully saturated rings. The van der Waals surface area contributed by atoms with Crippen molar-refractivity contribution < 1.29 is 9.47 Å². The normalized spacial score (nSPS) is 10.3. The second kappa shape index (κ2) is 6.85. The minimum Gasteiger partial charge on any atom is -0.490 e.